The number of rotatable bonds is 6. The molecule has 0 unspecified atom stereocenters. The van der Waals surface area contributed by atoms with E-state index >= 15 is 0 Å². The van der Waals surface area contributed by atoms with Crippen LogP contribution in [0.4, 0.5) is 0 Å². The molecule has 1 aliphatic heterocycles. The van der Waals surface area contributed by atoms with Crippen molar-refractivity contribution in [3.05, 3.63) is 56.8 Å². The number of benzene rings is 1. The highest BCUT2D eigenvalue weighted by atomic mass is 35.5. The number of thiophene rings is 1. The van der Waals surface area contributed by atoms with Crippen LogP contribution in [0.2, 0.25) is 5.02 Å². The Labute approximate surface area is 193 Å². The predicted octanol–water partition coefficient (Wildman–Crippen LogP) is 4.15. The second-order valence-corrected chi connectivity index (χ2v) is 8.93. The summed E-state index contributed by atoms with van der Waals surface area (Å²) in [5, 5.41) is 12.1. The van der Waals surface area contributed by atoms with Crippen molar-refractivity contribution in [1.29, 1.82) is 0 Å². The largest absolute Gasteiger partial charge is 0.338 e. The molecule has 0 radical (unpaired) electrons. The maximum atomic E-state index is 5.97. The van der Waals surface area contributed by atoms with Gasteiger partial charge in [0.25, 0.3) is 0 Å². The van der Waals surface area contributed by atoms with Crippen LogP contribution >= 0.6 is 35.2 Å². The van der Waals surface area contributed by atoms with Crippen LogP contribution in [0.25, 0.3) is 22.8 Å². The van der Waals surface area contributed by atoms with Crippen LogP contribution in [0.5, 0.6) is 0 Å². The quantitative estimate of drug-likeness (QED) is 0.421. The van der Waals surface area contributed by atoms with Crippen molar-refractivity contribution in [1.82, 2.24) is 34.7 Å². The summed E-state index contributed by atoms with van der Waals surface area (Å²) < 4.78 is 7.87. The molecule has 0 atom stereocenters. The van der Waals surface area contributed by atoms with Crippen molar-refractivity contribution in [2.24, 2.45) is 0 Å². The molecule has 4 heterocycles. The topological polar surface area (TPSA) is 79.0 Å². The maximum Gasteiger partial charge on any atom is 0.241 e. The molecule has 1 fully saturated rings. The monoisotopic (exact) mass is 473 g/mol. The van der Waals surface area contributed by atoms with Gasteiger partial charge in [0.2, 0.25) is 16.5 Å². The van der Waals surface area contributed by atoms with E-state index < -0.39 is 0 Å². The van der Waals surface area contributed by atoms with Crippen LogP contribution in [0.1, 0.15) is 5.89 Å². The maximum absolute atomic E-state index is 5.97. The predicted molar refractivity (Wildman–Crippen MR) is 122 cm³/mol. The number of aromatic amines is 1. The molecule has 5 rings (SSSR count). The Hall–Kier alpha value is -2.37. The smallest absolute Gasteiger partial charge is 0.241 e. The van der Waals surface area contributed by atoms with Crippen LogP contribution in [-0.4, -0.2) is 60.9 Å². The summed E-state index contributed by atoms with van der Waals surface area (Å²) in [6, 6.07) is 9.55. The number of nitrogens with zero attached hydrogens (tertiary/aromatic N) is 6. The third kappa shape index (κ3) is 4.78. The van der Waals surface area contributed by atoms with Gasteiger partial charge in [0, 0.05) is 47.7 Å². The van der Waals surface area contributed by atoms with Gasteiger partial charge in [0.15, 0.2) is 5.82 Å². The molecular formula is C20H20ClN7OS2. The van der Waals surface area contributed by atoms with Crippen molar-refractivity contribution >= 4 is 35.2 Å². The van der Waals surface area contributed by atoms with Gasteiger partial charge in [-0.15, -0.1) is 0 Å². The zero-order chi connectivity index (χ0) is 21.2. The van der Waals surface area contributed by atoms with E-state index in [1.165, 1.54) is 0 Å². The molecule has 0 aliphatic carbocycles. The van der Waals surface area contributed by atoms with E-state index in [2.05, 4.69) is 30.0 Å². The Morgan fingerprint density at radius 1 is 1.03 bits per heavy atom. The molecule has 1 N–H and O–H groups in total. The lowest BCUT2D eigenvalue weighted by Crippen LogP contribution is -2.46. The number of halogens is 1. The second-order valence-electron chi connectivity index (χ2n) is 7.35. The molecule has 1 aliphatic rings. The lowest BCUT2D eigenvalue weighted by atomic mass is 10.2. The molecule has 3 aromatic heterocycles. The lowest BCUT2D eigenvalue weighted by Gasteiger charge is -2.33. The average Bonchev–Trinajstić information content (AvgIpc) is 3.52. The molecule has 11 heteroatoms. The van der Waals surface area contributed by atoms with Gasteiger partial charge in [0.05, 0.1) is 13.2 Å². The molecule has 1 aromatic carbocycles. The number of hydrogen-bond donors (Lipinski definition) is 1. The van der Waals surface area contributed by atoms with Gasteiger partial charge < -0.3 is 4.52 Å². The summed E-state index contributed by atoms with van der Waals surface area (Å²) in [4.78, 5) is 13.7. The van der Waals surface area contributed by atoms with E-state index in [1.54, 1.807) is 11.3 Å². The Kier molecular flexibility index (Phi) is 5.97. The molecule has 0 amide bonds. The number of H-pyrrole nitrogens is 1. The standard InChI is InChI=1S/C20H20ClN7OS2/c21-16-3-1-14(2-4-16)18-23-20(30)28(24-18)13-27-8-6-26(7-9-27)11-17-22-19(25-29-17)15-5-10-31-12-15/h1-5,10,12H,6-9,11,13H2,(H,23,24,30). The van der Waals surface area contributed by atoms with Gasteiger partial charge in [-0.25, -0.2) is 4.68 Å². The molecule has 31 heavy (non-hydrogen) atoms. The van der Waals surface area contributed by atoms with Gasteiger partial charge in [-0.1, -0.05) is 16.8 Å². The minimum Gasteiger partial charge on any atom is -0.338 e. The fourth-order valence-corrected chi connectivity index (χ4v) is 4.45. The van der Waals surface area contributed by atoms with E-state index in [4.69, 9.17) is 28.3 Å². The lowest BCUT2D eigenvalue weighted by molar-refractivity contribution is 0.0910. The summed E-state index contributed by atoms with van der Waals surface area (Å²) >= 11 is 13.0. The minimum atomic E-state index is 0.541. The first kappa shape index (κ1) is 20.5. The second kappa shape index (κ2) is 9.01. The first-order valence-electron chi connectivity index (χ1n) is 9.87. The number of hydrogen-bond acceptors (Lipinski definition) is 8. The molecule has 1 saturated heterocycles. The van der Waals surface area contributed by atoms with Crippen LogP contribution in [-0.2, 0) is 13.2 Å². The Balaban J connectivity index is 1.16. The highest BCUT2D eigenvalue weighted by Crippen LogP contribution is 2.20. The van der Waals surface area contributed by atoms with E-state index in [-0.39, 0.29) is 0 Å². The van der Waals surface area contributed by atoms with Gasteiger partial charge in [-0.2, -0.15) is 21.3 Å². The average molecular weight is 474 g/mol. The van der Waals surface area contributed by atoms with Crippen molar-refractivity contribution in [3.63, 3.8) is 0 Å². The normalized spacial score (nSPS) is 15.5. The first-order valence-corrected chi connectivity index (χ1v) is 11.6. The SMILES string of the molecule is S=c1nc(-c2ccc(Cl)cc2)[nH]n1CN1CCN(Cc2nc(-c3ccsc3)no2)CC1. The van der Waals surface area contributed by atoms with E-state index in [0.717, 1.165) is 43.1 Å². The van der Waals surface area contributed by atoms with E-state index in [1.807, 2.05) is 45.8 Å². The van der Waals surface area contributed by atoms with Gasteiger partial charge in [0.1, 0.15) is 0 Å². The van der Waals surface area contributed by atoms with Crippen molar-refractivity contribution in [2.75, 3.05) is 26.2 Å². The molecule has 160 valence electrons. The molecule has 0 saturated carbocycles. The minimum absolute atomic E-state index is 0.541. The van der Waals surface area contributed by atoms with Crippen LogP contribution in [0.3, 0.4) is 0 Å². The molecule has 4 aromatic rings. The van der Waals surface area contributed by atoms with Crippen molar-refractivity contribution in [2.45, 2.75) is 13.2 Å². The Morgan fingerprint density at radius 2 is 1.81 bits per heavy atom. The highest BCUT2D eigenvalue weighted by molar-refractivity contribution is 7.71. The number of piperazine rings is 1. The van der Waals surface area contributed by atoms with Crippen LogP contribution < -0.4 is 0 Å². The summed E-state index contributed by atoms with van der Waals surface area (Å²) in [7, 11) is 0. The van der Waals surface area contributed by atoms with Crippen LogP contribution in [0.15, 0.2) is 45.6 Å². The van der Waals surface area contributed by atoms with Gasteiger partial charge in [-0.05, 0) is 47.9 Å². The fraction of sp³-hybridized carbons (Fsp3) is 0.300. The third-order valence-corrected chi connectivity index (χ3v) is 6.46. The molecular weight excluding hydrogens is 454 g/mol. The van der Waals surface area contributed by atoms with E-state index in [9.17, 15) is 0 Å². The summed E-state index contributed by atoms with van der Waals surface area (Å²) in [6.07, 6.45) is 0. The zero-order valence-electron chi connectivity index (χ0n) is 16.6. The number of nitrogens with one attached hydrogen (secondary N) is 1. The molecule has 0 bridgehead atoms. The summed E-state index contributed by atoms with van der Waals surface area (Å²) in [5.41, 5.74) is 1.96. The van der Waals surface area contributed by atoms with Gasteiger partial charge >= 0.3 is 0 Å². The summed E-state index contributed by atoms with van der Waals surface area (Å²) in [6.45, 7) is 5.01. The zero-order valence-corrected chi connectivity index (χ0v) is 19.0. The van der Waals surface area contributed by atoms with E-state index in [0.29, 0.717) is 34.7 Å². The van der Waals surface area contributed by atoms with Crippen molar-refractivity contribution < 1.29 is 4.52 Å². The Morgan fingerprint density at radius 3 is 2.55 bits per heavy atom. The number of aromatic nitrogens is 5. The Bertz CT molecular complexity index is 1190. The highest BCUT2D eigenvalue weighted by Gasteiger charge is 2.20. The first-order chi connectivity index (χ1) is 15.1. The fourth-order valence-electron chi connectivity index (χ4n) is 3.50. The molecule has 8 nitrogen and oxygen atoms in total. The van der Waals surface area contributed by atoms with Crippen molar-refractivity contribution in [3.8, 4) is 22.8 Å². The summed E-state index contributed by atoms with van der Waals surface area (Å²) in [5.74, 6) is 2.05. The third-order valence-electron chi connectivity index (χ3n) is 5.21. The van der Waals surface area contributed by atoms with Crippen LogP contribution in [0, 0.1) is 4.77 Å². The molecule has 0 spiro atoms. The van der Waals surface area contributed by atoms with Gasteiger partial charge in [-0.3, -0.25) is 14.9 Å².